The minimum absolute atomic E-state index is 0.0900. The predicted molar refractivity (Wildman–Crippen MR) is 86.8 cm³/mol. The lowest BCUT2D eigenvalue weighted by molar-refractivity contribution is -0.137. The Morgan fingerprint density at radius 1 is 1.43 bits per heavy atom. The Bertz CT molecular complexity index is 757. The summed E-state index contributed by atoms with van der Waals surface area (Å²) in [5.74, 6) is -0.382. The molecule has 0 bridgehead atoms. The Hall–Kier alpha value is -1.58. The molecule has 1 heterocycles. The second-order valence-corrected chi connectivity index (χ2v) is 6.74. The van der Waals surface area contributed by atoms with Crippen LogP contribution in [-0.4, -0.2) is 15.7 Å². The summed E-state index contributed by atoms with van der Waals surface area (Å²) in [6.07, 6.45) is -0.174. The highest BCUT2D eigenvalue weighted by atomic mass is 127. The van der Waals surface area contributed by atoms with Gasteiger partial charge in [-0.25, -0.2) is 0 Å². The fourth-order valence-corrected chi connectivity index (χ4v) is 2.98. The number of hydrogen-bond acceptors (Lipinski definition) is 2. The van der Waals surface area contributed by atoms with Gasteiger partial charge in [-0.15, -0.1) is 0 Å². The molecule has 3 rings (SSSR count). The van der Waals surface area contributed by atoms with Crippen molar-refractivity contribution < 1.29 is 18.0 Å². The number of halogens is 4. The Kier molecular flexibility index (Phi) is 4.11. The molecule has 1 aliphatic carbocycles. The fourth-order valence-electron chi connectivity index (χ4n) is 2.51. The van der Waals surface area contributed by atoms with Crippen LogP contribution in [0.1, 0.15) is 23.5 Å². The third kappa shape index (κ3) is 3.51. The summed E-state index contributed by atoms with van der Waals surface area (Å²) in [7, 11) is 1.80. The summed E-state index contributed by atoms with van der Waals surface area (Å²) >= 11 is 1.91. The maximum absolute atomic E-state index is 12.8. The number of carbonyl (C=O) groups is 1. The molecule has 122 valence electrons. The molecule has 1 aliphatic rings. The monoisotopic (exact) mass is 435 g/mol. The number of aryl methyl sites for hydroxylation is 1. The van der Waals surface area contributed by atoms with Crippen molar-refractivity contribution >= 4 is 34.2 Å². The number of anilines is 1. The normalized spacial score (nSPS) is 20.4. The standard InChI is InChI=1S/C15H13F3IN3O/c1-22-7-8(6-20-22)10-5-11(10)14(23)21-13-4-9(15(16,17)18)2-3-12(13)19/h2-4,6-7,10-11H,5H2,1H3,(H,21,23)/t10-,11-/m0/s1. The van der Waals surface area contributed by atoms with E-state index < -0.39 is 11.7 Å². The summed E-state index contributed by atoms with van der Waals surface area (Å²) in [6.45, 7) is 0. The second kappa shape index (κ2) is 5.81. The molecule has 0 saturated heterocycles. The van der Waals surface area contributed by atoms with Crippen molar-refractivity contribution in [2.45, 2.75) is 18.5 Å². The molecule has 8 heteroatoms. The molecule has 2 atom stereocenters. The van der Waals surface area contributed by atoms with Crippen LogP contribution in [0.5, 0.6) is 0 Å². The van der Waals surface area contributed by atoms with Crippen molar-refractivity contribution in [2.75, 3.05) is 5.32 Å². The molecule has 0 unspecified atom stereocenters. The molecule has 1 saturated carbocycles. The van der Waals surface area contributed by atoms with Crippen LogP contribution >= 0.6 is 22.6 Å². The van der Waals surface area contributed by atoms with Crippen molar-refractivity contribution in [1.82, 2.24) is 9.78 Å². The van der Waals surface area contributed by atoms with Crippen LogP contribution in [0.2, 0.25) is 0 Å². The zero-order valence-electron chi connectivity index (χ0n) is 12.1. The van der Waals surface area contributed by atoms with Gasteiger partial charge >= 0.3 is 6.18 Å². The molecule has 1 fully saturated rings. The van der Waals surface area contributed by atoms with Gasteiger partial charge in [-0.2, -0.15) is 18.3 Å². The SMILES string of the molecule is Cn1cc([C@@H]2C[C@@H]2C(=O)Nc2cc(C(F)(F)F)ccc2I)cn1. The van der Waals surface area contributed by atoms with Crippen molar-refractivity contribution in [3.8, 4) is 0 Å². The molecule has 1 amide bonds. The Morgan fingerprint density at radius 2 is 2.17 bits per heavy atom. The molecule has 0 radical (unpaired) electrons. The number of aromatic nitrogens is 2. The molecule has 4 nitrogen and oxygen atoms in total. The minimum atomic E-state index is -4.43. The van der Waals surface area contributed by atoms with Crippen LogP contribution in [0.3, 0.4) is 0 Å². The first-order chi connectivity index (χ1) is 10.8. The topological polar surface area (TPSA) is 46.9 Å². The summed E-state index contributed by atoms with van der Waals surface area (Å²) in [4.78, 5) is 12.3. The Morgan fingerprint density at radius 3 is 2.78 bits per heavy atom. The molecular formula is C15H13F3IN3O. The van der Waals surface area contributed by atoms with Gasteiger partial charge in [-0.3, -0.25) is 9.48 Å². The Balaban J connectivity index is 1.72. The van der Waals surface area contributed by atoms with Gasteiger partial charge in [-0.1, -0.05) is 0 Å². The first-order valence-electron chi connectivity index (χ1n) is 6.92. The van der Waals surface area contributed by atoms with Gasteiger partial charge in [0.15, 0.2) is 0 Å². The van der Waals surface area contributed by atoms with E-state index >= 15 is 0 Å². The van der Waals surface area contributed by atoms with E-state index in [0.717, 1.165) is 17.7 Å². The van der Waals surface area contributed by atoms with Crippen LogP contribution in [0.25, 0.3) is 0 Å². The van der Waals surface area contributed by atoms with E-state index in [2.05, 4.69) is 10.4 Å². The van der Waals surface area contributed by atoms with E-state index in [1.165, 1.54) is 6.07 Å². The quantitative estimate of drug-likeness (QED) is 0.747. The van der Waals surface area contributed by atoms with Crippen molar-refractivity contribution in [3.05, 3.63) is 45.3 Å². The summed E-state index contributed by atoms with van der Waals surface area (Å²) in [5.41, 5.74) is 0.404. The minimum Gasteiger partial charge on any atom is -0.325 e. The van der Waals surface area contributed by atoms with Gasteiger partial charge in [0.2, 0.25) is 5.91 Å². The summed E-state index contributed by atoms with van der Waals surface area (Å²) < 4.78 is 40.5. The van der Waals surface area contributed by atoms with Crippen LogP contribution in [0.15, 0.2) is 30.6 Å². The molecule has 2 aromatic rings. The van der Waals surface area contributed by atoms with Gasteiger partial charge < -0.3 is 5.32 Å². The molecule has 1 aromatic carbocycles. The van der Waals surface area contributed by atoms with E-state index in [1.54, 1.807) is 17.9 Å². The highest BCUT2D eigenvalue weighted by Gasteiger charge is 2.44. The van der Waals surface area contributed by atoms with Crippen LogP contribution in [0, 0.1) is 9.49 Å². The number of rotatable bonds is 3. The predicted octanol–water partition coefficient (Wildman–Crippen LogP) is 3.79. The lowest BCUT2D eigenvalue weighted by atomic mass is 10.1. The molecule has 0 spiro atoms. The lowest BCUT2D eigenvalue weighted by Gasteiger charge is -2.11. The number of hydrogen-bond donors (Lipinski definition) is 1. The largest absolute Gasteiger partial charge is 0.416 e. The van der Waals surface area contributed by atoms with E-state index in [-0.39, 0.29) is 23.4 Å². The number of amides is 1. The average molecular weight is 435 g/mol. The molecule has 1 aromatic heterocycles. The third-order valence-corrected chi connectivity index (χ3v) is 4.77. The summed E-state index contributed by atoms with van der Waals surface area (Å²) in [6, 6.07) is 3.33. The molecule has 23 heavy (non-hydrogen) atoms. The van der Waals surface area contributed by atoms with Gasteiger partial charge in [0, 0.05) is 22.7 Å². The zero-order valence-corrected chi connectivity index (χ0v) is 14.2. The van der Waals surface area contributed by atoms with Crippen molar-refractivity contribution in [1.29, 1.82) is 0 Å². The van der Waals surface area contributed by atoms with Crippen molar-refractivity contribution in [3.63, 3.8) is 0 Å². The highest BCUT2D eigenvalue weighted by Crippen LogP contribution is 2.48. The van der Waals surface area contributed by atoms with Crippen molar-refractivity contribution in [2.24, 2.45) is 13.0 Å². The van der Waals surface area contributed by atoms with E-state index in [9.17, 15) is 18.0 Å². The lowest BCUT2D eigenvalue weighted by Crippen LogP contribution is -2.16. The molecule has 0 aliphatic heterocycles. The van der Waals surface area contributed by atoms with Crippen LogP contribution in [0.4, 0.5) is 18.9 Å². The number of nitrogens with zero attached hydrogens (tertiary/aromatic N) is 2. The number of benzene rings is 1. The maximum atomic E-state index is 12.8. The number of alkyl halides is 3. The first kappa shape index (κ1) is 16.3. The van der Waals surface area contributed by atoms with E-state index in [1.807, 2.05) is 28.8 Å². The first-order valence-corrected chi connectivity index (χ1v) is 7.99. The number of carbonyl (C=O) groups excluding carboxylic acids is 1. The fraction of sp³-hybridized carbons (Fsp3) is 0.333. The second-order valence-electron chi connectivity index (χ2n) is 5.58. The van der Waals surface area contributed by atoms with Gasteiger partial charge in [0.1, 0.15) is 0 Å². The maximum Gasteiger partial charge on any atom is 0.416 e. The Labute approximate surface area is 144 Å². The molecule has 1 N–H and O–H groups in total. The number of nitrogens with one attached hydrogen (secondary N) is 1. The third-order valence-electron chi connectivity index (χ3n) is 3.83. The van der Waals surface area contributed by atoms with E-state index in [4.69, 9.17) is 0 Å². The highest BCUT2D eigenvalue weighted by molar-refractivity contribution is 14.1. The van der Waals surface area contributed by atoms with Gasteiger partial charge in [-0.05, 0) is 58.7 Å². The zero-order chi connectivity index (χ0) is 16.8. The van der Waals surface area contributed by atoms with Gasteiger partial charge in [0.25, 0.3) is 0 Å². The van der Waals surface area contributed by atoms with Crippen LogP contribution in [-0.2, 0) is 18.0 Å². The van der Waals surface area contributed by atoms with Crippen LogP contribution < -0.4 is 5.32 Å². The van der Waals surface area contributed by atoms with E-state index in [0.29, 0.717) is 9.99 Å². The average Bonchev–Trinajstić information content (AvgIpc) is 3.15. The summed E-state index contributed by atoms with van der Waals surface area (Å²) in [5, 5.41) is 6.68. The van der Waals surface area contributed by atoms with Gasteiger partial charge in [0.05, 0.1) is 17.4 Å². The smallest absolute Gasteiger partial charge is 0.325 e. The molecular weight excluding hydrogens is 422 g/mol.